The van der Waals surface area contributed by atoms with Gasteiger partial charge in [-0.3, -0.25) is 4.79 Å². The van der Waals surface area contributed by atoms with E-state index < -0.39 is 0 Å². The first-order valence-electron chi connectivity index (χ1n) is 6.28. The van der Waals surface area contributed by atoms with Gasteiger partial charge >= 0.3 is 0 Å². The van der Waals surface area contributed by atoms with Gasteiger partial charge in [0.1, 0.15) is 5.69 Å². The van der Waals surface area contributed by atoms with E-state index in [1.807, 2.05) is 6.92 Å². The van der Waals surface area contributed by atoms with E-state index in [2.05, 4.69) is 34.4 Å². The molecule has 2 N–H and O–H groups in total. The lowest BCUT2D eigenvalue weighted by Crippen LogP contribution is -2.45. The van der Waals surface area contributed by atoms with Crippen LogP contribution in [0.3, 0.4) is 0 Å². The molecule has 0 radical (unpaired) electrons. The lowest BCUT2D eigenvalue weighted by atomic mass is 9.98. The number of nitrogens with one attached hydrogen (secondary N) is 2. The van der Waals surface area contributed by atoms with E-state index in [4.69, 9.17) is 0 Å². The highest BCUT2D eigenvalue weighted by molar-refractivity contribution is 5.93. The minimum atomic E-state index is -0.157. The third-order valence-electron chi connectivity index (χ3n) is 3.34. The number of rotatable bonds is 4. The van der Waals surface area contributed by atoms with Gasteiger partial charge in [0.2, 0.25) is 5.95 Å². The standard InChI is InChI=1S/C13H20N4O/c1-8-7-10(16-12(14-4)15-8)11(18)17-13(2,3)9-5-6-9/h7,9H,5-6H2,1-4H3,(H,17,18)(H,14,15,16). The average molecular weight is 248 g/mol. The molecule has 1 saturated carbocycles. The number of hydrogen-bond donors (Lipinski definition) is 2. The van der Waals surface area contributed by atoms with Crippen LogP contribution in [0.25, 0.3) is 0 Å². The second-order valence-corrected chi connectivity index (χ2v) is 5.42. The largest absolute Gasteiger partial charge is 0.357 e. The fraction of sp³-hybridized carbons (Fsp3) is 0.615. The second-order valence-electron chi connectivity index (χ2n) is 5.42. The molecule has 1 aromatic heterocycles. The van der Waals surface area contributed by atoms with Gasteiger partial charge in [0.15, 0.2) is 0 Å². The van der Waals surface area contributed by atoms with Gasteiger partial charge in [-0.2, -0.15) is 0 Å². The summed E-state index contributed by atoms with van der Waals surface area (Å²) in [6.07, 6.45) is 2.38. The predicted molar refractivity (Wildman–Crippen MR) is 70.6 cm³/mol. The highest BCUT2D eigenvalue weighted by Crippen LogP contribution is 2.39. The Morgan fingerprint density at radius 3 is 2.61 bits per heavy atom. The summed E-state index contributed by atoms with van der Waals surface area (Å²) in [5.41, 5.74) is 1.04. The van der Waals surface area contributed by atoms with Crippen LogP contribution in [0.2, 0.25) is 0 Å². The van der Waals surface area contributed by atoms with Crippen molar-refractivity contribution in [2.75, 3.05) is 12.4 Å². The van der Waals surface area contributed by atoms with Crippen LogP contribution in [0.5, 0.6) is 0 Å². The molecule has 0 atom stereocenters. The van der Waals surface area contributed by atoms with Crippen molar-refractivity contribution in [2.45, 2.75) is 39.2 Å². The molecule has 1 aromatic rings. The molecule has 0 unspecified atom stereocenters. The first kappa shape index (κ1) is 12.8. The SMILES string of the molecule is CNc1nc(C)cc(C(=O)NC(C)(C)C2CC2)n1. The third kappa shape index (κ3) is 2.78. The van der Waals surface area contributed by atoms with Gasteiger partial charge in [-0.1, -0.05) is 0 Å². The summed E-state index contributed by atoms with van der Waals surface area (Å²) in [5.74, 6) is 0.937. The number of carbonyl (C=O) groups excluding carboxylic acids is 1. The lowest BCUT2D eigenvalue weighted by molar-refractivity contribution is 0.0898. The Kier molecular flexibility index (Phi) is 3.24. The average Bonchev–Trinajstić information content (AvgIpc) is 3.11. The smallest absolute Gasteiger partial charge is 0.270 e. The van der Waals surface area contributed by atoms with Crippen LogP contribution in [0.4, 0.5) is 5.95 Å². The Labute approximate surface area is 107 Å². The molecule has 18 heavy (non-hydrogen) atoms. The van der Waals surface area contributed by atoms with Crippen LogP contribution in [-0.4, -0.2) is 28.5 Å². The highest BCUT2D eigenvalue weighted by atomic mass is 16.2. The monoisotopic (exact) mass is 248 g/mol. The quantitative estimate of drug-likeness (QED) is 0.851. The number of aromatic nitrogens is 2. The van der Waals surface area contributed by atoms with Gasteiger partial charge in [-0.05, 0) is 45.6 Å². The van der Waals surface area contributed by atoms with Crippen LogP contribution < -0.4 is 10.6 Å². The maximum atomic E-state index is 12.2. The van der Waals surface area contributed by atoms with E-state index in [0.717, 1.165) is 5.69 Å². The Bertz CT molecular complexity index is 466. The van der Waals surface area contributed by atoms with Crippen molar-refractivity contribution in [1.82, 2.24) is 15.3 Å². The predicted octanol–water partition coefficient (Wildman–Crippen LogP) is 1.75. The Morgan fingerprint density at radius 2 is 2.06 bits per heavy atom. The normalized spacial score (nSPS) is 15.3. The maximum absolute atomic E-state index is 12.2. The molecule has 1 fully saturated rings. The van der Waals surface area contributed by atoms with Crippen molar-refractivity contribution in [3.05, 3.63) is 17.5 Å². The molecule has 0 bridgehead atoms. The number of aryl methyl sites for hydroxylation is 1. The van der Waals surface area contributed by atoms with Crippen molar-refractivity contribution in [1.29, 1.82) is 0 Å². The molecule has 2 rings (SSSR count). The second kappa shape index (κ2) is 4.55. The van der Waals surface area contributed by atoms with Crippen molar-refractivity contribution in [3.63, 3.8) is 0 Å². The van der Waals surface area contributed by atoms with Gasteiger partial charge in [-0.15, -0.1) is 0 Å². The Balaban J connectivity index is 2.15. The topological polar surface area (TPSA) is 66.9 Å². The first-order valence-corrected chi connectivity index (χ1v) is 6.28. The number of amides is 1. The summed E-state index contributed by atoms with van der Waals surface area (Å²) in [4.78, 5) is 20.5. The summed E-state index contributed by atoms with van der Waals surface area (Å²) in [6.45, 7) is 5.98. The summed E-state index contributed by atoms with van der Waals surface area (Å²) in [6, 6.07) is 1.71. The van der Waals surface area contributed by atoms with Gasteiger partial charge in [0.25, 0.3) is 5.91 Å². The third-order valence-corrected chi connectivity index (χ3v) is 3.34. The molecule has 0 spiro atoms. The van der Waals surface area contributed by atoms with E-state index in [9.17, 15) is 4.79 Å². The van der Waals surface area contributed by atoms with Gasteiger partial charge in [0, 0.05) is 18.3 Å². The summed E-state index contributed by atoms with van der Waals surface area (Å²) in [5, 5.41) is 5.91. The first-order chi connectivity index (χ1) is 8.42. The minimum Gasteiger partial charge on any atom is -0.357 e. The molecular weight excluding hydrogens is 228 g/mol. The molecule has 5 nitrogen and oxygen atoms in total. The fourth-order valence-corrected chi connectivity index (χ4v) is 2.06. The molecule has 1 amide bonds. The van der Waals surface area contributed by atoms with E-state index in [-0.39, 0.29) is 11.4 Å². The zero-order chi connectivity index (χ0) is 13.3. The molecule has 0 aliphatic heterocycles. The number of carbonyl (C=O) groups is 1. The van der Waals surface area contributed by atoms with Crippen molar-refractivity contribution in [3.8, 4) is 0 Å². The molecular formula is C13H20N4O. The van der Waals surface area contributed by atoms with Crippen molar-refractivity contribution >= 4 is 11.9 Å². The zero-order valence-electron chi connectivity index (χ0n) is 11.4. The molecule has 5 heteroatoms. The highest BCUT2D eigenvalue weighted by Gasteiger charge is 2.39. The molecule has 98 valence electrons. The number of hydrogen-bond acceptors (Lipinski definition) is 4. The summed E-state index contributed by atoms with van der Waals surface area (Å²) >= 11 is 0. The van der Waals surface area contributed by atoms with E-state index >= 15 is 0 Å². The van der Waals surface area contributed by atoms with Gasteiger partial charge < -0.3 is 10.6 Å². The fourth-order valence-electron chi connectivity index (χ4n) is 2.06. The lowest BCUT2D eigenvalue weighted by Gasteiger charge is -2.26. The summed E-state index contributed by atoms with van der Waals surface area (Å²) < 4.78 is 0. The van der Waals surface area contributed by atoms with Crippen LogP contribution in [0.15, 0.2) is 6.07 Å². The van der Waals surface area contributed by atoms with Crippen LogP contribution in [-0.2, 0) is 0 Å². The Hall–Kier alpha value is -1.65. The minimum absolute atomic E-state index is 0.131. The molecule has 1 heterocycles. The molecule has 1 aliphatic carbocycles. The van der Waals surface area contributed by atoms with Gasteiger partial charge in [0.05, 0.1) is 0 Å². The van der Waals surface area contributed by atoms with Crippen molar-refractivity contribution < 1.29 is 4.79 Å². The van der Waals surface area contributed by atoms with E-state index in [0.29, 0.717) is 17.6 Å². The molecule has 0 saturated heterocycles. The van der Waals surface area contributed by atoms with Crippen LogP contribution >= 0.6 is 0 Å². The Morgan fingerprint density at radius 1 is 1.39 bits per heavy atom. The van der Waals surface area contributed by atoms with E-state index in [1.165, 1.54) is 12.8 Å². The maximum Gasteiger partial charge on any atom is 0.270 e. The molecule has 0 aromatic carbocycles. The van der Waals surface area contributed by atoms with Crippen molar-refractivity contribution in [2.24, 2.45) is 5.92 Å². The number of anilines is 1. The zero-order valence-corrected chi connectivity index (χ0v) is 11.4. The molecule has 1 aliphatic rings. The summed E-state index contributed by atoms with van der Waals surface area (Å²) in [7, 11) is 1.74. The number of nitrogens with zero attached hydrogens (tertiary/aromatic N) is 2. The van der Waals surface area contributed by atoms with E-state index in [1.54, 1.807) is 13.1 Å². The van der Waals surface area contributed by atoms with Crippen LogP contribution in [0, 0.1) is 12.8 Å². The van der Waals surface area contributed by atoms with Gasteiger partial charge in [-0.25, -0.2) is 9.97 Å². The van der Waals surface area contributed by atoms with Crippen LogP contribution in [0.1, 0.15) is 42.9 Å².